The van der Waals surface area contributed by atoms with Crippen LogP contribution in [0.1, 0.15) is 19.8 Å². The van der Waals surface area contributed by atoms with E-state index < -0.39 is 0 Å². The summed E-state index contributed by atoms with van der Waals surface area (Å²) in [6.45, 7) is 4.60. The third-order valence-corrected chi connectivity index (χ3v) is 3.14. The Bertz CT molecular complexity index is 309. The molecule has 1 fully saturated rings. The fourth-order valence-corrected chi connectivity index (χ4v) is 2.16. The number of nitrogens with two attached hydrogens (primary N) is 1. The Morgan fingerprint density at radius 3 is 2.86 bits per heavy atom. The van der Waals surface area contributed by atoms with Crippen molar-refractivity contribution in [3.05, 3.63) is 24.3 Å². The molecule has 0 aromatic heterocycles. The monoisotopic (exact) mass is 190 g/mol. The molecular formula is C12H18N2. The third kappa shape index (κ3) is 1.69. The highest BCUT2D eigenvalue weighted by molar-refractivity contribution is 5.67. The molecule has 2 nitrogen and oxygen atoms in total. The van der Waals surface area contributed by atoms with E-state index in [0.29, 0.717) is 0 Å². The SMILES string of the molecule is CCC1CCN(c2ccccc2N)C1. The molecule has 0 bridgehead atoms. The molecule has 76 valence electrons. The molecule has 2 heteroatoms. The summed E-state index contributed by atoms with van der Waals surface area (Å²) in [4.78, 5) is 2.41. The van der Waals surface area contributed by atoms with Crippen molar-refractivity contribution in [1.82, 2.24) is 0 Å². The smallest absolute Gasteiger partial charge is 0.0600 e. The first-order valence-electron chi connectivity index (χ1n) is 5.40. The predicted octanol–water partition coefficient (Wildman–Crippen LogP) is 2.51. The molecule has 1 aliphatic heterocycles. The van der Waals surface area contributed by atoms with Gasteiger partial charge < -0.3 is 10.6 Å². The predicted molar refractivity (Wildman–Crippen MR) is 61.5 cm³/mol. The van der Waals surface area contributed by atoms with E-state index in [1.54, 1.807) is 0 Å². The molecule has 0 saturated carbocycles. The van der Waals surface area contributed by atoms with E-state index >= 15 is 0 Å². The van der Waals surface area contributed by atoms with Crippen molar-refractivity contribution in [2.45, 2.75) is 19.8 Å². The standard InChI is InChI=1S/C12H18N2/c1-2-10-7-8-14(9-10)12-6-4-3-5-11(12)13/h3-6,10H,2,7-9,13H2,1H3. The highest BCUT2D eigenvalue weighted by Crippen LogP contribution is 2.29. The summed E-state index contributed by atoms with van der Waals surface area (Å²) < 4.78 is 0. The molecule has 1 aromatic rings. The minimum Gasteiger partial charge on any atom is -0.397 e. The summed E-state index contributed by atoms with van der Waals surface area (Å²) in [6.07, 6.45) is 2.59. The van der Waals surface area contributed by atoms with Gasteiger partial charge >= 0.3 is 0 Å². The maximum Gasteiger partial charge on any atom is 0.0600 e. The summed E-state index contributed by atoms with van der Waals surface area (Å²) >= 11 is 0. The van der Waals surface area contributed by atoms with Crippen LogP contribution < -0.4 is 10.6 Å². The largest absolute Gasteiger partial charge is 0.397 e. The van der Waals surface area contributed by atoms with E-state index in [9.17, 15) is 0 Å². The van der Waals surface area contributed by atoms with E-state index in [1.807, 2.05) is 12.1 Å². The molecule has 0 amide bonds. The van der Waals surface area contributed by atoms with Crippen molar-refractivity contribution in [2.24, 2.45) is 5.92 Å². The van der Waals surface area contributed by atoms with Crippen molar-refractivity contribution in [1.29, 1.82) is 0 Å². The van der Waals surface area contributed by atoms with Crippen LogP contribution in [0.15, 0.2) is 24.3 Å². The Labute approximate surface area is 85.7 Å². The number of anilines is 2. The van der Waals surface area contributed by atoms with Crippen molar-refractivity contribution in [3.8, 4) is 0 Å². The molecule has 1 saturated heterocycles. The second-order valence-electron chi connectivity index (χ2n) is 4.07. The van der Waals surface area contributed by atoms with Crippen LogP contribution in [0.3, 0.4) is 0 Å². The summed E-state index contributed by atoms with van der Waals surface area (Å²) in [5.74, 6) is 0.856. The van der Waals surface area contributed by atoms with E-state index in [0.717, 1.165) is 18.2 Å². The van der Waals surface area contributed by atoms with Gasteiger partial charge in [-0.25, -0.2) is 0 Å². The van der Waals surface area contributed by atoms with Gasteiger partial charge in [-0.2, -0.15) is 0 Å². The number of benzene rings is 1. The molecule has 2 rings (SSSR count). The Kier molecular flexibility index (Phi) is 2.62. The third-order valence-electron chi connectivity index (χ3n) is 3.14. The van der Waals surface area contributed by atoms with Gasteiger partial charge in [0.15, 0.2) is 0 Å². The molecule has 1 unspecified atom stereocenters. The van der Waals surface area contributed by atoms with E-state index in [4.69, 9.17) is 5.73 Å². The lowest BCUT2D eigenvalue weighted by atomic mass is 10.1. The fraction of sp³-hybridized carbons (Fsp3) is 0.500. The lowest BCUT2D eigenvalue weighted by Gasteiger charge is -2.20. The summed E-state index contributed by atoms with van der Waals surface area (Å²) in [7, 11) is 0. The number of nitrogen functional groups attached to an aromatic ring is 1. The van der Waals surface area contributed by atoms with Crippen LogP contribution >= 0.6 is 0 Å². The Morgan fingerprint density at radius 1 is 1.43 bits per heavy atom. The fourth-order valence-electron chi connectivity index (χ4n) is 2.16. The quantitative estimate of drug-likeness (QED) is 0.726. The first kappa shape index (κ1) is 9.38. The highest BCUT2D eigenvalue weighted by Gasteiger charge is 2.21. The summed E-state index contributed by atoms with van der Waals surface area (Å²) in [5, 5.41) is 0. The van der Waals surface area contributed by atoms with Gasteiger partial charge in [0.1, 0.15) is 0 Å². The van der Waals surface area contributed by atoms with Gasteiger partial charge in [-0.05, 0) is 24.5 Å². The van der Waals surface area contributed by atoms with Crippen LogP contribution in [0.5, 0.6) is 0 Å². The average Bonchev–Trinajstić information content (AvgIpc) is 2.67. The molecular weight excluding hydrogens is 172 g/mol. The van der Waals surface area contributed by atoms with Crippen LogP contribution in [0, 0.1) is 5.92 Å². The number of rotatable bonds is 2. The molecule has 0 aliphatic carbocycles. The summed E-state index contributed by atoms with van der Waals surface area (Å²) in [5.41, 5.74) is 8.06. The van der Waals surface area contributed by atoms with Gasteiger partial charge in [-0.3, -0.25) is 0 Å². The van der Waals surface area contributed by atoms with Crippen LogP contribution in [-0.4, -0.2) is 13.1 Å². The van der Waals surface area contributed by atoms with Crippen molar-refractivity contribution in [3.63, 3.8) is 0 Å². The molecule has 1 aromatic carbocycles. The molecule has 0 radical (unpaired) electrons. The van der Waals surface area contributed by atoms with E-state index in [-0.39, 0.29) is 0 Å². The van der Waals surface area contributed by atoms with Crippen LogP contribution in [0.2, 0.25) is 0 Å². The maximum absolute atomic E-state index is 5.95. The lowest BCUT2D eigenvalue weighted by Crippen LogP contribution is -2.20. The van der Waals surface area contributed by atoms with Gasteiger partial charge in [-0.1, -0.05) is 25.5 Å². The minimum atomic E-state index is 0.856. The second kappa shape index (κ2) is 3.91. The zero-order chi connectivity index (χ0) is 9.97. The maximum atomic E-state index is 5.95. The average molecular weight is 190 g/mol. The molecule has 1 atom stereocenters. The molecule has 1 heterocycles. The number of hydrogen-bond acceptors (Lipinski definition) is 2. The number of para-hydroxylation sites is 2. The van der Waals surface area contributed by atoms with Crippen molar-refractivity contribution in [2.75, 3.05) is 23.7 Å². The van der Waals surface area contributed by atoms with Gasteiger partial charge in [0.2, 0.25) is 0 Å². The van der Waals surface area contributed by atoms with Gasteiger partial charge in [-0.15, -0.1) is 0 Å². The lowest BCUT2D eigenvalue weighted by molar-refractivity contribution is 0.569. The topological polar surface area (TPSA) is 29.3 Å². The van der Waals surface area contributed by atoms with Gasteiger partial charge in [0.05, 0.1) is 11.4 Å². The highest BCUT2D eigenvalue weighted by atomic mass is 15.2. The van der Waals surface area contributed by atoms with Gasteiger partial charge in [0, 0.05) is 13.1 Å². The molecule has 1 aliphatic rings. The second-order valence-corrected chi connectivity index (χ2v) is 4.07. The van der Waals surface area contributed by atoms with Crippen LogP contribution in [0.4, 0.5) is 11.4 Å². The normalized spacial score (nSPS) is 21.5. The van der Waals surface area contributed by atoms with Crippen LogP contribution in [0.25, 0.3) is 0 Å². The molecule has 14 heavy (non-hydrogen) atoms. The Hall–Kier alpha value is -1.18. The first-order valence-corrected chi connectivity index (χ1v) is 5.40. The first-order chi connectivity index (χ1) is 6.81. The minimum absolute atomic E-state index is 0.856. The van der Waals surface area contributed by atoms with Crippen molar-refractivity contribution >= 4 is 11.4 Å². The van der Waals surface area contributed by atoms with E-state index in [2.05, 4.69) is 24.0 Å². The molecule has 2 N–H and O–H groups in total. The van der Waals surface area contributed by atoms with Gasteiger partial charge in [0.25, 0.3) is 0 Å². The van der Waals surface area contributed by atoms with Crippen LogP contribution in [-0.2, 0) is 0 Å². The Balaban J connectivity index is 2.13. The zero-order valence-electron chi connectivity index (χ0n) is 8.74. The number of nitrogens with zero attached hydrogens (tertiary/aromatic N) is 1. The van der Waals surface area contributed by atoms with Crippen molar-refractivity contribution < 1.29 is 0 Å². The number of hydrogen-bond donors (Lipinski definition) is 1. The van der Waals surface area contributed by atoms with E-state index in [1.165, 1.54) is 25.1 Å². The molecule has 0 spiro atoms. The Morgan fingerprint density at radius 2 is 2.21 bits per heavy atom. The zero-order valence-corrected chi connectivity index (χ0v) is 8.74. The summed E-state index contributed by atoms with van der Waals surface area (Å²) in [6, 6.07) is 8.15.